The first-order valence-electron chi connectivity index (χ1n) is 5.01. The number of H-pyrrole nitrogens is 1. The van der Waals surface area contributed by atoms with E-state index in [1.165, 1.54) is 0 Å². The van der Waals surface area contributed by atoms with Gasteiger partial charge in [0.1, 0.15) is 5.52 Å². The highest BCUT2D eigenvalue weighted by molar-refractivity contribution is 14.1. The second kappa shape index (κ2) is 3.93. The van der Waals surface area contributed by atoms with Crippen molar-refractivity contribution in [1.29, 1.82) is 0 Å². The lowest BCUT2D eigenvalue weighted by molar-refractivity contribution is 0.959. The first-order valence-corrected chi connectivity index (χ1v) is 6.09. The molecule has 2 aromatic rings. The molecule has 3 N–H and O–H groups in total. The van der Waals surface area contributed by atoms with E-state index < -0.39 is 0 Å². The lowest BCUT2D eigenvalue weighted by atomic mass is 10.3. The maximum Gasteiger partial charge on any atom is 0.195 e. The number of imidazole rings is 1. The summed E-state index contributed by atoms with van der Waals surface area (Å²) in [5.74, 6) is 0.842. The Morgan fingerprint density at radius 3 is 3.12 bits per heavy atom. The molecule has 0 saturated carbocycles. The number of aliphatic imine (C=N–C) groups is 1. The largest absolute Gasteiger partial charge is 0.354 e. The van der Waals surface area contributed by atoms with Gasteiger partial charge in [-0.3, -0.25) is 4.99 Å². The van der Waals surface area contributed by atoms with Gasteiger partial charge in [0.25, 0.3) is 0 Å². The first kappa shape index (κ1) is 9.88. The molecule has 0 fully saturated rings. The molecule has 0 amide bonds. The van der Waals surface area contributed by atoms with Crippen LogP contribution in [0.5, 0.6) is 0 Å². The second-order valence-corrected chi connectivity index (χ2v) is 4.70. The van der Waals surface area contributed by atoms with Crippen LogP contribution in [0.3, 0.4) is 0 Å². The topological polar surface area (TPSA) is 65.1 Å². The Bertz CT molecular complexity index is 559. The monoisotopic (exact) mass is 327 g/mol. The van der Waals surface area contributed by atoms with Crippen LogP contribution in [0, 0.1) is 3.57 Å². The fraction of sp³-hybridized carbons (Fsp3) is 0.200. The molecule has 0 aliphatic carbocycles. The molecule has 82 valence electrons. The summed E-state index contributed by atoms with van der Waals surface area (Å²) in [6, 6.07) is 4.10. The average Bonchev–Trinajstić information content (AvgIpc) is 2.87. The average molecular weight is 327 g/mol. The highest BCUT2D eigenvalue weighted by Crippen LogP contribution is 2.22. The molecule has 16 heavy (non-hydrogen) atoms. The van der Waals surface area contributed by atoms with Crippen LogP contribution in [-0.2, 0) is 0 Å². The zero-order valence-electron chi connectivity index (χ0n) is 8.42. The maximum absolute atomic E-state index is 4.29. The van der Waals surface area contributed by atoms with Gasteiger partial charge in [0.15, 0.2) is 5.96 Å². The van der Waals surface area contributed by atoms with E-state index in [1.807, 2.05) is 6.07 Å². The number of hydrogen-bond donors (Lipinski definition) is 3. The molecule has 3 rings (SSSR count). The molecule has 0 bridgehead atoms. The molecule has 1 aliphatic rings. The summed E-state index contributed by atoms with van der Waals surface area (Å²) in [5, 5.41) is 6.43. The third-order valence-electron chi connectivity index (χ3n) is 2.41. The van der Waals surface area contributed by atoms with Crippen LogP contribution in [0.1, 0.15) is 0 Å². The Morgan fingerprint density at radius 1 is 1.38 bits per heavy atom. The molecule has 0 saturated heterocycles. The predicted molar refractivity (Wildman–Crippen MR) is 72.7 cm³/mol. The van der Waals surface area contributed by atoms with Gasteiger partial charge >= 0.3 is 0 Å². The molecule has 5 nitrogen and oxygen atoms in total. The molecular weight excluding hydrogens is 317 g/mol. The van der Waals surface area contributed by atoms with Gasteiger partial charge in [-0.15, -0.1) is 0 Å². The van der Waals surface area contributed by atoms with Crippen LogP contribution >= 0.6 is 22.6 Å². The van der Waals surface area contributed by atoms with E-state index in [9.17, 15) is 0 Å². The second-order valence-electron chi connectivity index (χ2n) is 3.54. The van der Waals surface area contributed by atoms with E-state index >= 15 is 0 Å². The van der Waals surface area contributed by atoms with Crippen LogP contribution in [0.15, 0.2) is 23.5 Å². The Morgan fingerprint density at radius 2 is 2.31 bits per heavy atom. The minimum absolute atomic E-state index is 0.839. The number of aromatic nitrogens is 2. The number of aromatic amines is 1. The van der Waals surface area contributed by atoms with E-state index in [2.05, 4.69) is 54.3 Å². The van der Waals surface area contributed by atoms with Crippen LogP contribution in [0.25, 0.3) is 11.0 Å². The quantitative estimate of drug-likeness (QED) is 0.696. The molecule has 1 aromatic carbocycles. The standard InChI is InChI=1S/C10H10IN5/c11-7-3-6(16-10-12-1-2-13-10)4-8-9(7)15-5-14-8/h3-5H,1-2H2,(H,14,15)(H2,12,13,16). The van der Waals surface area contributed by atoms with E-state index in [1.54, 1.807) is 6.33 Å². The minimum atomic E-state index is 0.839. The zero-order valence-corrected chi connectivity index (χ0v) is 10.6. The minimum Gasteiger partial charge on any atom is -0.354 e. The van der Waals surface area contributed by atoms with Crippen molar-refractivity contribution in [2.45, 2.75) is 0 Å². The summed E-state index contributed by atoms with van der Waals surface area (Å²) in [4.78, 5) is 11.7. The van der Waals surface area contributed by atoms with Gasteiger partial charge in [-0.25, -0.2) is 4.98 Å². The van der Waals surface area contributed by atoms with Crippen LogP contribution < -0.4 is 10.6 Å². The van der Waals surface area contributed by atoms with Gasteiger partial charge in [-0.2, -0.15) is 0 Å². The maximum atomic E-state index is 4.29. The number of rotatable bonds is 1. The van der Waals surface area contributed by atoms with Crippen molar-refractivity contribution in [2.75, 3.05) is 18.4 Å². The van der Waals surface area contributed by atoms with Crippen molar-refractivity contribution in [3.05, 3.63) is 22.0 Å². The molecule has 0 radical (unpaired) electrons. The fourth-order valence-corrected chi connectivity index (χ4v) is 2.46. The van der Waals surface area contributed by atoms with Gasteiger partial charge in [-0.1, -0.05) is 0 Å². The Kier molecular flexibility index (Phi) is 2.43. The highest BCUT2D eigenvalue weighted by Gasteiger charge is 2.08. The van der Waals surface area contributed by atoms with Crippen molar-refractivity contribution in [3.8, 4) is 0 Å². The van der Waals surface area contributed by atoms with Gasteiger partial charge in [0.2, 0.25) is 0 Å². The molecule has 0 atom stereocenters. The van der Waals surface area contributed by atoms with Crippen LogP contribution in [-0.4, -0.2) is 29.0 Å². The number of halogens is 1. The fourth-order valence-electron chi connectivity index (χ4n) is 1.70. The van der Waals surface area contributed by atoms with E-state index in [4.69, 9.17) is 0 Å². The summed E-state index contributed by atoms with van der Waals surface area (Å²) >= 11 is 2.28. The highest BCUT2D eigenvalue weighted by atomic mass is 127. The van der Waals surface area contributed by atoms with E-state index in [0.717, 1.165) is 39.3 Å². The van der Waals surface area contributed by atoms with Crippen molar-refractivity contribution in [3.63, 3.8) is 0 Å². The van der Waals surface area contributed by atoms with Gasteiger partial charge < -0.3 is 15.6 Å². The molecule has 6 heteroatoms. The third-order valence-corrected chi connectivity index (χ3v) is 3.24. The van der Waals surface area contributed by atoms with Crippen LogP contribution in [0.4, 0.5) is 5.69 Å². The molecular formula is C10H10IN5. The smallest absolute Gasteiger partial charge is 0.195 e. The molecule has 2 heterocycles. The summed E-state index contributed by atoms with van der Waals surface area (Å²) in [5.41, 5.74) is 3.06. The normalized spacial score (nSPS) is 14.9. The summed E-state index contributed by atoms with van der Waals surface area (Å²) in [6.45, 7) is 1.75. The van der Waals surface area contributed by atoms with Crippen molar-refractivity contribution < 1.29 is 0 Å². The Balaban J connectivity index is 1.97. The van der Waals surface area contributed by atoms with Crippen LogP contribution in [0.2, 0.25) is 0 Å². The molecule has 0 spiro atoms. The van der Waals surface area contributed by atoms with Crippen molar-refractivity contribution >= 4 is 45.3 Å². The number of benzene rings is 1. The van der Waals surface area contributed by atoms with Gasteiger partial charge in [0, 0.05) is 15.8 Å². The van der Waals surface area contributed by atoms with E-state index in [0.29, 0.717) is 0 Å². The molecule has 0 unspecified atom stereocenters. The van der Waals surface area contributed by atoms with Crippen molar-refractivity contribution in [2.24, 2.45) is 4.99 Å². The number of nitrogens with zero attached hydrogens (tertiary/aromatic N) is 2. The third kappa shape index (κ3) is 1.73. The molecule has 1 aliphatic heterocycles. The number of nitrogens with one attached hydrogen (secondary N) is 3. The zero-order chi connectivity index (χ0) is 11.0. The number of guanidine groups is 1. The number of fused-ring (bicyclic) bond motifs is 1. The SMILES string of the molecule is Ic1cc(NC2=NCCN2)cc2[nH]cnc12. The predicted octanol–water partition coefficient (Wildman–Crippen LogP) is 1.54. The number of hydrogen-bond acceptors (Lipinski definition) is 4. The Labute approximate surface area is 106 Å². The molecule has 1 aromatic heterocycles. The van der Waals surface area contributed by atoms with E-state index in [-0.39, 0.29) is 0 Å². The van der Waals surface area contributed by atoms with Gasteiger partial charge in [-0.05, 0) is 34.7 Å². The van der Waals surface area contributed by atoms with Crippen molar-refractivity contribution in [1.82, 2.24) is 15.3 Å². The number of anilines is 1. The lowest BCUT2D eigenvalue weighted by Gasteiger charge is -2.07. The van der Waals surface area contributed by atoms with Gasteiger partial charge in [0.05, 0.1) is 18.4 Å². The Hall–Kier alpha value is -1.31. The summed E-state index contributed by atoms with van der Waals surface area (Å²) in [6.07, 6.45) is 1.71. The first-order chi connectivity index (χ1) is 7.83. The summed E-state index contributed by atoms with van der Waals surface area (Å²) < 4.78 is 1.12. The lowest BCUT2D eigenvalue weighted by Crippen LogP contribution is -2.26. The summed E-state index contributed by atoms with van der Waals surface area (Å²) in [7, 11) is 0.